The van der Waals surface area contributed by atoms with Gasteiger partial charge in [0.05, 0.1) is 15.6 Å². The first-order valence-corrected chi connectivity index (χ1v) is 5.68. The van der Waals surface area contributed by atoms with Crippen LogP contribution in [-0.2, 0) is 6.61 Å². The molecular weight excluding hydrogens is 206 g/mol. The summed E-state index contributed by atoms with van der Waals surface area (Å²) < 4.78 is 5.66. The lowest BCUT2D eigenvalue weighted by Gasteiger charge is -2.03. The second-order valence-corrected chi connectivity index (χ2v) is 4.63. The number of nitrogens with zero attached hydrogens (tertiary/aromatic N) is 1. The zero-order valence-corrected chi connectivity index (χ0v) is 9.67. The second-order valence-electron chi connectivity index (χ2n) is 3.34. The summed E-state index contributed by atoms with van der Waals surface area (Å²) in [6.45, 7) is 4.65. The van der Waals surface area contributed by atoms with Crippen molar-refractivity contribution < 1.29 is 4.74 Å². The van der Waals surface area contributed by atoms with Gasteiger partial charge in [0.15, 0.2) is 0 Å². The fraction of sp³-hybridized carbons (Fsp3) is 0.250. The van der Waals surface area contributed by atoms with Crippen molar-refractivity contribution in [2.45, 2.75) is 20.5 Å². The third-order valence-electron chi connectivity index (χ3n) is 2.11. The molecule has 0 atom stereocenters. The maximum atomic E-state index is 5.66. The molecule has 3 heteroatoms. The molecule has 0 amide bonds. The summed E-state index contributed by atoms with van der Waals surface area (Å²) in [6, 6.07) is 9.85. The molecule has 2 nitrogen and oxygen atoms in total. The first kappa shape index (κ1) is 10.2. The normalized spacial score (nSPS) is 10.3. The van der Waals surface area contributed by atoms with Crippen molar-refractivity contribution in [1.82, 2.24) is 4.98 Å². The van der Waals surface area contributed by atoms with Crippen molar-refractivity contribution >= 4 is 11.3 Å². The van der Waals surface area contributed by atoms with Gasteiger partial charge in [-0.05, 0) is 26.0 Å². The molecule has 0 aliphatic rings. The molecule has 0 unspecified atom stereocenters. The minimum atomic E-state index is 0.612. The molecule has 2 aromatic rings. The van der Waals surface area contributed by atoms with Crippen LogP contribution in [0.4, 0.5) is 0 Å². The highest BCUT2D eigenvalue weighted by Crippen LogP contribution is 2.19. The molecule has 0 saturated heterocycles. The molecule has 1 heterocycles. The smallest absolute Gasteiger partial charge is 0.124 e. The van der Waals surface area contributed by atoms with Gasteiger partial charge < -0.3 is 4.74 Å². The average Bonchev–Trinajstić information content (AvgIpc) is 2.56. The van der Waals surface area contributed by atoms with E-state index in [0.29, 0.717) is 6.61 Å². The largest absolute Gasteiger partial charge is 0.488 e. The Morgan fingerprint density at radius 2 is 1.93 bits per heavy atom. The van der Waals surface area contributed by atoms with E-state index in [1.165, 1.54) is 4.88 Å². The van der Waals surface area contributed by atoms with Crippen LogP contribution in [0.1, 0.15) is 15.6 Å². The molecule has 2 rings (SSSR count). The third kappa shape index (κ3) is 2.57. The van der Waals surface area contributed by atoms with Gasteiger partial charge in [-0.2, -0.15) is 0 Å². The predicted octanol–water partition coefficient (Wildman–Crippen LogP) is 3.34. The molecule has 0 saturated carbocycles. The zero-order chi connectivity index (χ0) is 10.7. The number of benzene rings is 1. The minimum absolute atomic E-state index is 0.612. The van der Waals surface area contributed by atoms with E-state index in [-0.39, 0.29) is 0 Å². The van der Waals surface area contributed by atoms with Crippen molar-refractivity contribution in [3.63, 3.8) is 0 Å². The predicted molar refractivity (Wildman–Crippen MR) is 62.4 cm³/mol. The van der Waals surface area contributed by atoms with Crippen LogP contribution in [0.2, 0.25) is 0 Å². The quantitative estimate of drug-likeness (QED) is 0.790. The van der Waals surface area contributed by atoms with E-state index in [0.717, 1.165) is 16.5 Å². The van der Waals surface area contributed by atoms with Crippen LogP contribution in [0, 0.1) is 13.8 Å². The molecule has 1 aromatic heterocycles. The highest BCUT2D eigenvalue weighted by atomic mass is 32.1. The highest BCUT2D eigenvalue weighted by Gasteiger charge is 2.04. The molecular formula is C12H13NOS. The molecule has 78 valence electrons. The van der Waals surface area contributed by atoms with Gasteiger partial charge in [-0.3, -0.25) is 0 Å². The first-order chi connectivity index (χ1) is 7.25. The van der Waals surface area contributed by atoms with E-state index in [9.17, 15) is 0 Å². The summed E-state index contributed by atoms with van der Waals surface area (Å²) in [5.74, 6) is 0.906. The Morgan fingerprint density at radius 1 is 1.20 bits per heavy atom. The summed E-state index contributed by atoms with van der Waals surface area (Å²) in [7, 11) is 0. The Labute approximate surface area is 93.6 Å². The standard InChI is InChI=1S/C12H13NOS/c1-9-12(15-10(2)13-9)8-14-11-6-4-3-5-7-11/h3-7H,8H2,1-2H3. The van der Waals surface area contributed by atoms with Crippen LogP contribution in [0.25, 0.3) is 0 Å². The fourth-order valence-corrected chi connectivity index (χ4v) is 2.22. The van der Waals surface area contributed by atoms with Gasteiger partial charge >= 0.3 is 0 Å². The summed E-state index contributed by atoms with van der Waals surface area (Å²) in [5.41, 5.74) is 1.08. The molecule has 0 bridgehead atoms. The Hall–Kier alpha value is -1.35. The van der Waals surface area contributed by atoms with Crippen LogP contribution >= 0.6 is 11.3 Å². The molecule has 0 spiro atoms. The van der Waals surface area contributed by atoms with Crippen LogP contribution < -0.4 is 4.74 Å². The number of aryl methyl sites for hydroxylation is 2. The van der Waals surface area contributed by atoms with Gasteiger partial charge in [0.1, 0.15) is 12.4 Å². The topological polar surface area (TPSA) is 22.1 Å². The molecule has 0 radical (unpaired) electrons. The summed E-state index contributed by atoms with van der Waals surface area (Å²) >= 11 is 1.70. The van der Waals surface area contributed by atoms with Crippen LogP contribution in [-0.4, -0.2) is 4.98 Å². The van der Waals surface area contributed by atoms with Crippen LogP contribution in [0.5, 0.6) is 5.75 Å². The third-order valence-corrected chi connectivity index (χ3v) is 3.16. The number of hydrogen-bond donors (Lipinski definition) is 0. The van der Waals surface area contributed by atoms with Gasteiger partial charge in [0.25, 0.3) is 0 Å². The monoisotopic (exact) mass is 219 g/mol. The SMILES string of the molecule is Cc1nc(C)c(COc2ccccc2)s1. The summed E-state index contributed by atoms with van der Waals surface area (Å²) in [6.07, 6.45) is 0. The van der Waals surface area contributed by atoms with Crippen molar-refractivity contribution in [2.75, 3.05) is 0 Å². The Bertz CT molecular complexity index is 436. The highest BCUT2D eigenvalue weighted by molar-refractivity contribution is 7.11. The van der Waals surface area contributed by atoms with E-state index in [1.807, 2.05) is 44.2 Å². The average molecular weight is 219 g/mol. The van der Waals surface area contributed by atoms with E-state index >= 15 is 0 Å². The number of ether oxygens (including phenoxy) is 1. The number of aromatic nitrogens is 1. The minimum Gasteiger partial charge on any atom is -0.488 e. The van der Waals surface area contributed by atoms with Crippen LogP contribution in [0.3, 0.4) is 0 Å². The van der Waals surface area contributed by atoms with Gasteiger partial charge in [-0.25, -0.2) is 4.98 Å². The van der Waals surface area contributed by atoms with E-state index < -0.39 is 0 Å². The van der Waals surface area contributed by atoms with E-state index in [4.69, 9.17) is 4.74 Å². The molecule has 0 aliphatic heterocycles. The zero-order valence-electron chi connectivity index (χ0n) is 8.86. The summed E-state index contributed by atoms with van der Waals surface area (Å²) in [4.78, 5) is 5.57. The van der Waals surface area contributed by atoms with Crippen molar-refractivity contribution in [3.05, 3.63) is 45.9 Å². The number of hydrogen-bond acceptors (Lipinski definition) is 3. The fourth-order valence-electron chi connectivity index (χ4n) is 1.37. The molecule has 0 N–H and O–H groups in total. The Balaban J connectivity index is 2.02. The maximum Gasteiger partial charge on any atom is 0.124 e. The van der Waals surface area contributed by atoms with Gasteiger partial charge in [-0.15, -0.1) is 11.3 Å². The molecule has 0 fully saturated rings. The molecule has 15 heavy (non-hydrogen) atoms. The lowest BCUT2D eigenvalue weighted by atomic mass is 10.3. The Kier molecular flexibility index (Phi) is 3.02. The second kappa shape index (κ2) is 4.45. The molecule has 0 aliphatic carbocycles. The van der Waals surface area contributed by atoms with Crippen molar-refractivity contribution in [3.8, 4) is 5.75 Å². The maximum absolute atomic E-state index is 5.66. The number of rotatable bonds is 3. The molecule has 1 aromatic carbocycles. The van der Waals surface area contributed by atoms with E-state index in [1.54, 1.807) is 11.3 Å². The lowest BCUT2D eigenvalue weighted by molar-refractivity contribution is 0.309. The van der Waals surface area contributed by atoms with Crippen molar-refractivity contribution in [2.24, 2.45) is 0 Å². The Morgan fingerprint density at radius 3 is 2.53 bits per heavy atom. The summed E-state index contributed by atoms with van der Waals surface area (Å²) in [5, 5.41) is 1.10. The van der Waals surface area contributed by atoms with Gasteiger partial charge in [0, 0.05) is 0 Å². The van der Waals surface area contributed by atoms with Gasteiger partial charge in [-0.1, -0.05) is 18.2 Å². The van der Waals surface area contributed by atoms with Crippen molar-refractivity contribution in [1.29, 1.82) is 0 Å². The first-order valence-electron chi connectivity index (χ1n) is 4.86. The lowest BCUT2D eigenvalue weighted by Crippen LogP contribution is -1.94. The van der Waals surface area contributed by atoms with Gasteiger partial charge in [0.2, 0.25) is 0 Å². The number of para-hydroxylation sites is 1. The van der Waals surface area contributed by atoms with E-state index in [2.05, 4.69) is 4.98 Å². The van der Waals surface area contributed by atoms with Crippen LogP contribution in [0.15, 0.2) is 30.3 Å². The number of thiazole rings is 1.